The van der Waals surface area contributed by atoms with Gasteiger partial charge in [-0.15, -0.1) is 5.10 Å². The number of hydrogen-bond donors (Lipinski definition) is 2. The number of aromatic hydroxyl groups is 1. The summed E-state index contributed by atoms with van der Waals surface area (Å²) in [4.78, 5) is 7.76. The Morgan fingerprint density at radius 2 is 1.96 bits per heavy atom. The Morgan fingerprint density at radius 1 is 1.23 bits per heavy atom. The van der Waals surface area contributed by atoms with Crippen LogP contribution >= 0.6 is 11.3 Å². The largest absolute Gasteiger partial charge is 0.497 e. The van der Waals surface area contributed by atoms with Gasteiger partial charge in [0.1, 0.15) is 10.6 Å². The first-order chi connectivity index (χ1) is 12.7. The molecular formula is C19H25N4O2S+. The molecule has 0 radical (unpaired) electrons. The van der Waals surface area contributed by atoms with Crippen molar-refractivity contribution in [3.8, 4) is 11.6 Å². The third-order valence-electron chi connectivity index (χ3n) is 5.18. The second-order valence-electron chi connectivity index (χ2n) is 6.79. The summed E-state index contributed by atoms with van der Waals surface area (Å²) in [6.45, 7) is 4.25. The van der Waals surface area contributed by atoms with Crippen LogP contribution in [0.15, 0.2) is 24.3 Å². The molecule has 2 N–H and O–H groups in total. The fourth-order valence-corrected chi connectivity index (χ4v) is 4.95. The smallest absolute Gasteiger partial charge is 0.235 e. The maximum atomic E-state index is 10.9. The van der Waals surface area contributed by atoms with Crippen molar-refractivity contribution >= 4 is 16.3 Å². The van der Waals surface area contributed by atoms with Crippen LogP contribution in [0.25, 0.3) is 4.96 Å². The summed E-state index contributed by atoms with van der Waals surface area (Å²) in [7, 11) is 1.68. The van der Waals surface area contributed by atoms with Gasteiger partial charge in [-0.05, 0) is 43.5 Å². The second-order valence-corrected chi connectivity index (χ2v) is 7.80. The minimum absolute atomic E-state index is 0.0970. The van der Waals surface area contributed by atoms with Gasteiger partial charge in [0.05, 0.1) is 20.2 Å². The van der Waals surface area contributed by atoms with E-state index in [9.17, 15) is 5.11 Å². The van der Waals surface area contributed by atoms with E-state index in [-0.39, 0.29) is 11.9 Å². The topological polar surface area (TPSA) is 64.1 Å². The van der Waals surface area contributed by atoms with Crippen LogP contribution in [0.3, 0.4) is 0 Å². The number of piperidine rings is 1. The second kappa shape index (κ2) is 7.25. The highest BCUT2D eigenvalue weighted by molar-refractivity contribution is 7.17. The molecule has 0 spiro atoms. The number of quaternary nitrogens is 1. The summed E-state index contributed by atoms with van der Waals surface area (Å²) in [5, 5.41) is 15.3. The van der Waals surface area contributed by atoms with Crippen LogP contribution in [-0.4, -0.2) is 39.9 Å². The molecular weight excluding hydrogens is 348 g/mol. The molecule has 3 heterocycles. The van der Waals surface area contributed by atoms with Crippen LogP contribution in [0.1, 0.15) is 48.5 Å². The maximum absolute atomic E-state index is 10.9. The fourth-order valence-electron chi connectivity index (χ4n) is 3.79. The predicted molar refractivity (Wildman–Crippen MR) is 101 cm³/mol. The molecule has 1 fully saturated rings. The van der Waals surface area contributed by atoms with Crippen LogP contribution in [0.2, 0.25) is 0 Å². The Kier molecular flexibility index (Phi) is 4.82. The van der Waals surface area contributed by atoms with Gasteiger partial charge in [0, 0.05) is 12.0 Å². The van der Waals surface area contributed by atoms with E-state index >= 15 is 0 Å². The molecule has 1 atom stereocenters. The number of nitrogens with zero attached hydrogens (tertiary/aromatic N) is 3. The van der Waals surface area contributed by atoms with Crippen molar-refractivity contribution in [3.05, 3.63) is 40.5 Å². The SMILES string of the molecule is CCc1nc2sc([C@@H](c3ccc(OC)cc3)[NH+]3CCCCC3)c(O)n2n1. The van der Waals surface area contributed by atoms with E-state index in [0.717, 1.165) is 40.9 Å². The lowest BCUT2D eigenvalue weighted by Crippen LogP contribution is -3.13. The molecule has 0 saturated carbocycles. The number of aryl methyl sites for hydroxylation is 1. The number of rotatable bonds is 5. The molecule has 2 aromatic heterocycles. The number of hydrogen-bond acceptors (Lipinski definition) is 5. The lowest BCUT2D eigenvalue weighted by molar-refractivity contribution is -0.929. The Morgan fingerprint density at radius 3 is 2.58 bits per heavy atom. The standard InChI is InChI=1S/C19H24N4O2S/c1-3-15-20-19-23(21-15)18(24)17(26-19)16(22-11-5-4-6-12-22)13-7-9-14(25-2)10-8-13/h7-10,16,24H,3-6,11-12H2,1-2H3/p+1/t16-/m1/s1. The summed E-state index contributed by atoms with van der Waals surface area (Å²) in [6, 6.07) is 8.31. The lowest BCUT2D eigenvalue weighted by Gasteiger charge is -2.31. The molecule has 0 unspecified atom stereocenters. The Hall–Kier alpha value is -2.12. The average molecular weight is 374 g/mol. The van der Waals surface area contributed by atoms with Gasteiger partial charge in [-0.2, -0.15) is 4.52 Å². The van der Waals surface area contributed by atoms with E-state index in [1.54, 1.807) is 23.0 Å². The van der Waals surface area contributed by atoms with Crippen molar-refractivity contribution < 1.29 is 14.7 Å². The highest BCUT2D eigenvalue weighted by Gasteiger charge is 2.33. The molecule has 1 saturated heterocycles. The van der Waals surface area contributed by atoms with E-state index in [1.165, 1.54) is 29.7 Å². The van der Waals surface area contributed by atoms with Crippen LogP contribution in [0.4, 0.5) is 0 Å². The van der Waals surface area contributed by atoms with Crippen molar-refractivity contribution in [1.29, 1.82) is 0 Å². The van der Waals surface area contributed by atoms with Crippen molar-refractivity contribution in [1.82, 2.24) is 14.6 Å². The molecule has 0 bridgehead atoms. The zero-order chi connectivity index (χ0) is 18.1. The van der Waals surface area contributed by atoms with Gasteiger partial charge in [0.25, 0.3) is 0 Å². The molecule has 0 amide bonds. The number of likely N-dealkylation sites (tertiary alicyclic amines) is 1. The molecule has 26 heavy (non-hydrogen) atoms. The van der Waals surface area contributed by atoms with Crippen LogP contribution < -0.4 is 9.64 Å². The van der Waals surface area contributed by atoms with Crippen LogP contribution in [-0.2, 0) is 6.42 Å². The van der Waals surface area contributed by atoms with Gasteiger partial charge < -0.3 is 14.7 Å². The number of aromatic nitrogens is 3. The van der Waals surface area contributed by atoms with Gasteiger partial charge in [0.15, 0.2) is 11.9 Å². The molecule has 3 aromatic rings. The minimum atomic E-state index is 0.0970. The highest BCUT2D eigenvalue weighted by Crippen LogP contribution is 2.35. The number of methoxy groups -OCH3 is 1. The average Bonchev–Trinajstić information content (AvgIpc) is 3.23. The van der Waals surface area contributed by atoms with Gasteiger partial charge in [-0.1, -0.05) is 18.3 Å². The number of nitrogens with one attached hydrogen (secondary N) is 1. The Bertz CT molecular complexity index is 881. The quantitative estimate of drug-likeness (QED) is 0.720. The normalized spacial score (nSPS) is 16.8. The summed E-state index contributed by atoms with van der Waals surface area (Å²) in [5.41, 5.74) is 1.19. The first kappa shape index (κ1) is 17.3. The zero-order valence-corrected chi connectivity index (χ0v) is 16.1. The molecule has 4 rings (SSSR count). The predicted octanol–water partition coefficient (Wildman–Crippen LogP) is 2.23. The molecule has 1 aromatic carbocycles. The lowest BCUT2D eigenvalue weighted by atomic mass is 10.0. The van der Waals surface area contributed by atoms with E-state index < -0.39 is 0 Å². The van der Waals surface area contributed by atoms with Crippen molar-refractivity contribution in [2.24, 2.45) is 0 Å². The third-order valence-corrected chi connectivity index (χ3v) is 6.26. The highest BCUT2D eigenvalue weighted by atomic mass is 32.1. The minimum Gasteiger partial charge on any atom is -0.497 e. The molecule has 1 aliphatic rings. The van der Waals surface area contributed by atoms with E-state index in [1.807, 2.05) is 19.1 Å². The first-order valence-electron chi connectivity index (χ1n) is 9.27. The fraction of sp³-hybridized carbons (Fsp3) is 0.474. The monoisotopic (exact) mass is 373 g/mol. The molecule has 138 valence electrons. The molecule has 0 aliphatic carbocycles. The third kappa shape index (κ3) is 3.05. The number of benzene rings is 1. The summed E-state index contributed by atoms with van der Waals surface area (Å²) in [6.07, 6.45) is 4.51. The number of thiazole rings is 1. The van der Waals surface area contributed by atoms with E-state index in [0.29, 0.717) is 0 Å². The Labute approximate surface area is 157 Å². The van der Waals surface area contributed by atoms with Gasteiger partial charge in [-0.3, -0.25) is 0 Å². The summed E-state index contributed by atoms with van der Waals surface area (Å²) in [5.74, 6) is 1.85. The zero-order valence-electron chi connectivity index (χ0n) is 15.2. The van der Waals surface area contributed by atoms with Crippen LogP contribution in [0.5, 0.6) is 11.6 Å². The van der Waals surface area contributed by atoms with Gasteiger partial charge >= 0.3 is 0 Å². The van der Waals surface area contributed by atoms with Gasteiger partial charge in [0.2, 0.25) is 10.8 Å². The number of ether oxygens (including phenoxy) is 1. The molecule has 1 aliphatic heterocycles. The maximum Gasteiger partial charge on any atom is 0.235 e. The summed E-state index contributed by atoms with van der Waals surface area (Å²) < 4.78 is 6.90. The summed E-state index contributed by atoms with van der Waals surface area (Å²) >= 11 is 1.55. The number of fused-ring (bicyclic) bond motifs is 1. The first-order valence-corrected chi connectivity index (χ1v) is 10.1. The molecule has 6 nitrogen and oxygen atoms in total. The van der Waals surface area contributed by atoms with Crippen molar-refractivity contribution in [2.45, 2.75) is 38.6 Å². The van der Waals surface area contributed by atoms with E-state index in [2.05, 4.69) is 22.2 Å². The molecule has 7 heteroatoms. The van der Waals surface area contributed by atoms with Gasteiger partial charge in [-0.25, -0.2) is 4.98 Å². The van der Waals surface area contributed by atoms with Crippen LogP contribution in [0, 0.1) is 0 Å². The van der Waals surface area contributed by atoms with E-state index in [4.69, 9.17) is 4.74 Å². The van der Waals surface area contributed by atoms with Crippen molar-refractivity contribution in [2.75, 3.05) is 20.2 Å². The Balaban J connectivity index is 1.78. The van der Waals surface area contributed by atoms with Crippen molar-refractivity contribution in [3.63, 3.8) is 0 Å².